The molecule has 0 fully saturated rings. The van der Waals surface area contributed by atoms with Gasteiger partial charge >= 0.3 is 7.60 Å². The second kappa shape index (κ2) is 7.85. The van der Waals surface area contributed by atoms with E-state index < -0.39 is 7.60 Å². The number of aryl methyl sites for hydroxylation is 2. The van der Waals surface area contributed by atoms with E-state index in [0.717, 1.165) is 5.69 Å². The third-order valence-electron chi connectivity index (χ3n) is 5.07. The number of hydrogen-bond acceptors (Lipinski definition) is 4. The third kappa shape index (κ3) is 4.32. The molecule has 4 rings (SSSR count). The molecule has 0 spiro atoms. The van der Waals surface area contributed by atoms with Crippen LogP contribution in [0.5, 0.6) is 0 Å². The third-order valence-corrected chi connectivity index (χ3v) is 8.29. The molecule has 0 amide bonds. The monoisotopic (exact) mass is 433 g/mol. The summed E-state index contributed by atoms with van der Waals surface area (Å²) in [4.78, 5) is 24.6. The Labute approximate surface area is 174 Å². The number of rotatable bonds is 5. The first-order valence-electron chi connectivity index (χ1n) is 9.35. The topological polar surface area (TPSA) is 60.8 Å². The lowest BCUT2D eigenvalue weighted by Crippen LogP contribution is -2.45. The Bertz CT molecular complexity index is 991. The van der Waals surface area contributed by atoms with Crippen LogP contribution in [0.1, 0.15) is 21.7 Å². The lowest BCUT2D eigenvalue weighted by molar-refractivity contribution is 0.371. The van der Waals surface area contributed by atoms with Crippen molar-refractivity contribution in [3.8, 4) is 0 Å². The van der Waals surface area contributed by atoms with Gasteiger partial charge in [0.2, 0.25) is 0 Å². The molecule has 0 radical (unpaired) electrons. The van der Waals surface area contributed by atoms with E-state index in [0.29, 0.717) is 13.0 Å². The lowest BCUT2D eigenvalue weighted by atomic mass is 9.98. The van der Waals surface area contributed by atoms with Crippen LogP contribution in [-0.4, -0.2) is 33.8 Å². The first-order valence-corrected chi connectivity index (χ1v) is 12.8. The van der Waals surface area contributed by atoms with Gasteiger partial charge in [0.15, 0.2) is 0 Å². The molecule has 7 heteroatoms. The number of hydrogen-bond donors (Lipinski definition) is 2. The van der Waals surface area contributed by atoms with Crippen LogP contribution < -0.4 is 4.90 Å². The molecule has 4 nitrogen and oxygen atoms in total. The van der Waals surface area contributed by atoms with Gasteiger partial charge in [-0.2, -0.15) is 0 Å². The summed E-state index contributed by atoms with van der Waals surface area (Å²) in [5, 5.41) is 0.284. The molecule has 28 heavy (non-hydrogen) atoms. The van der Waals surface area contributed by atoms with Crippen LogP contribution in [0.3, 0.4) is 0 Å². The predicted molar refractivity (Wildman–Crippen MR) is 120 cm³/mol. The van der Waals surface area contributed by atoms with E-state index in [-0.39, 0.29) is 17.5 Å². The van der Waals surface area contributed by atoms with E-state index in [4.69, 9.17) is 0 Å². The fourth-order valence-corrected chi connectivity index (χ4v) is 6.63. The molecule has 2 atom stereocenters. The number of allylic oxidation sites excluding steroid dienone is 2. The Kier molecular flexibility index (Phi) is 5.60. The maximum absolute atomic E-state index is 11.3. The molecule has 2 aromatic rings. The van der Waals surface area contributed by atoms with Crippen molar-refractivity contribution in [3.05, 3.63) is 63.9 Å². The Morgan fingerprint density at radius 2 is 2.00 bits per heavy atom. The smallest absolute Gasteiger partial charge is 0.325 e. The van der Waals surface area contributed by atoms with Gasteiger partial charge in [0.1, 0.15) is 0 Å². The Balaban J connectivity index is 1.64. The maximum Gasteiger partial charge on any atom is 0.325 e. The van der Waals surface area contributed by atoms with E-state index in [1.165, 1.54) is 25.8 Å². The largest absolute Gasteiger partial charge is 0.363 e. The average Bonchev–Trinajstić information content (AvgIpc) is 3.06. The van der Waals surface area contributed by atoms with Crippen LogP contribution in [0.2, 0.25) is 0 Å². The van der Waals surface area contributed by atoms with Crippen molar-refractivity contribution in [1.82, 2.24) is 0 Å². The normalized spacial score (nSPS) is 21.3. The van der Waals surface area contributed by atoms with E-state index in [1.807, 2.05) is 23.1 Å². The number of benzene rings is 1. The quantitative estimate of drug-likeness (QED) is 0.632. The van der Waals surface area contributed by atoms with E-state index in [9.17, 15) is 14.4 Å². The molecule has 1 aliphatic carbocycles. The number of thioether (sulfide) groups is 1. The van der Waals surface area contributed by atoms with Gasteiger partial charge in [-0.05, 0) is 55.7 Å². The highest BCUT2D eigenvalue weighted by atomic mass is 32.2. The van der Waals surface area contributed by atoms with Gasteiger partial charge in [-0.1, -0.05) is 24.3 Å². The van der Waals surface area contributed by atoms with Gasteiger partial charge in [0, 0.05) is 21.2 Å². The highest BCUT2D eigenvalue weighted by Crippen LogP contribution is 2.46. The van der Waals surface area contributed by atoms with Crippen LogP contribution in [0.4, 0.5) is 5.69 Å². The summed E-state index contributed by atoms with van der Waals surface area (Å²) in [7, 11) is -3.97. The molecule has 1 aliphatic heterocycles. The van der Waals surface area contributed by atoms with E-state index in [1.54, 1.807) is 0 Å². The molecule has 2 aliphatic rings. The molecular weight excluding hydrogens is 409 g/mol. The Hall–Kier alpha value is -1.30. The van der Waals surface area contributed by atoms with Gasteiger partial charge in [-0.25, -0.2) is 0 Å². The van der Waals surface area contributed by atoms with Crippen LogP contribution in [0.25, 0.3) is 5.57 Å². The molecule has 2 heterocycles. The minimum absolute atomic E-state index is 0.0749. The lowest BCUT2D eigenvalue weighted by Gasteiger charge is -2.42. The minimum atomic E-state index is -3.97. The Morgan fingerprint density at radius 1 is 1.18 bits per heavy atom. The fourth-order valence-electron chi connectivity index (χ4n) is 3.76. The van der Waals surface area contributed by atoms with Crippen molar-refractivity contribution >= 4 is 42.0 Å². The molecule has 148 valence electrons. The van der Waals surface area contributed by atoms with Crippen molar-refractivity contribution < 1.29 is 14.4 Å². The zero-order valence-electron chi connectivity index (χ0n) is 15.9. The van der Waals surface area contributed by atoms with Gasteiger partial charge in [-0.15, -0.1) is 23.1 Å². The second-order valence-electron chi connectivity index (χ2n) is 7.37. The zero-order chi connectivity index (χ0) is 19.9. The van der Waals surface area contributed by atoms with Gasteiger partial charge in [0.25, 0.3) is 0 Å². The molecule has 2 unspecified atom stereocenters. The fraction of sp³-hybridized carbons (Fsp3) is 0.333. The molecule has 1 aromatic heterocycles. The number of anilines is 1. The molecule has 0 saturated carbocycles. The minimum Gasteiger partial charge on any atom is -0.363 e. The maximum atomic E-state index is 11.3. The first kappa shape index (κ1) is 20.0. The SMILES string of the molecule is Cc1ccc2c(c1)SC1C=C(c3ccc(C)s3)C=CC1N2CCCP(=O)(O)O. The summed E-state index contributed by atoms with van der Waals surface area (Å²) >= 11 is 3.69. The summed E-state index contributed by atoms with van der Waals surface area (Å²) < 4.78 is 11.3. The van der Waals surface area contributed by atoms with Crippen LogP contribution in [0.15, 0.2) is 53.5 Å². The first-order chi connectivity index (χ1) is 13.3. The molecule has 2 N–H and O–H groups in total. The van der Waals surface area contributed by atoms with Crippen molar-refractivity contribution in [1.29, 1.82) is 0 Å². The van der Waals surface area contributed by atoms with Gasteiger partial charge < -0.3 is 14.7 Å². The number of thiophene rings is 1. The molecular formula is C21H24NO3PS2. The van der Waals surface area contributed by atoms with E-state index in [2.05, 4.69) is 67.3 Å². The highest BCUT2D eigenvalue weighted by Gasteiger charge is 2.34. The predicted octanol–water partition coefficient (Wildman–Crippen LogP) is 5.24. The Morgan fingerprint density at radius 3 is 2.71 bits per heavy atom. The number of nitrogens with zero attached hydrogens (tertiary/aromatic N) is 1. The van der Waals surface area contributed by atoms with E-state index >= 15 is 0 Å². The van der Waals surface area contributed by atoms with Crippen molar-refractivity contribution in [3.63, 3.8) is 0 Å². The van der Waals surface area contributed by atoms with Crippen LogP contribution in [0, 0.1) is 13.8 Å². The second-order valence-corrected chi connectivity index (χ2v) is 11.7. The summed E-state index contributed by atoms with van der Waals surface area (Å²) in [6, 6.07) is 11.0. The summed E-state index contributed by atoms with van der Waals surface area (Å²) in [5.74, 6) is 0. The van der Waals surface area contributed by atoms with Crippen LogP contribution in [-0.2, 0) is 4.57 Å². The van der Waals surface area contributed by atoms with Crippen molar-refractivity contribution in [2.75, 3.05) is 17.6 Å². The standard InChI is InChI=1S/C21H24NO3PS2/c1-14-4-7-17-20(12-14)28-21-13-16(19-9-5-15(2)27-19)6-8-18(21)22(17)10-3-11-26(23,24)25/h4-9,12-13,18,21H,3,10-11H2,1-2H3,(H2,23,24,25). The molecule has 0 bridgehead atoms. The average molecular weight is 434 g/mol. The zero-order valence-corrected chi connectivity index (χ0v) is 18.4. The molecule has 1 aromatic carbocycles. The van der Waals surface area contributed by atoms with Gasteiger partial charge in [0.05, 0.1) is 23.1 Å². The van der Waals surface area contributed by atoms with Crippen molar-refractivity contribution in [2.45, 2.75) is 36.5 Å². The van der Waals surface area contributed by atoms with Gasteiger partial charge in [-0.3, -0.25) is 4.57 Å². The van der Waals surface area contributed by atoms with Crippen molar-refractivity contribution in [2.24, 2.45) is 0 Å². The summed E-state index contributed by atoms with van der Waals surface area (Å²) in [6.07, 6.45) is 7.20. The highest BCUT2D eigenvalue weighted by molar-refractivity contribution is 8.00. The van der Waals surface area contributed by atoms with Crippen LogP contribution >= 0.6 is 30.7 Å². The summed E-state index contributed by atoms with van der Waals surface area (Å²) in [5.41, 5.74) is 3.65. The molecule has 0 saturated heterocycles. The number of fused-ring (bicyclic) bond motifs is 2. The summed E-state index contributed by atoms with van der Waals surface area (Å²) in [6.45, 7) is 4.86.